The van der Waals surface area contributed by atoms with Crippen molar-refractivity contribution in [1.29, 1.82) is 0 Å². The molecule has 1 amide bonds. The Morgan fingerprint density at radius 3 is 2.76 bits per heavy atom. The number of carbonyl (C=O) groups is 1. The first kappa shape index (κ1) is 19.6. The van der Waals surface area contributed by atoms with E-state index < -0.39 is 23.8 Å². The lowest BCUT2D eigenvalue weighted by Crippen LogP contribution is -2.18. The molecule has 0 spiro atoms. The van der Waals surface area contributed by atoms with E-state index in [0.29, 0.717) is 16.6 Å². The largest absolute Gasteiger partial charge is 0.493 e. The molecule has 0 bridgehead atoms. The number of nitrogens with zero attached hydrogens (tertiary/aromatic N) is 4. The SMILES string of the molecule is C[C@@H](C(=O)N=Nc1c(O)[nH]c2cc(Br)ccc12)n1nc(C(F)(F)F)cc1C1CC1. The van der Waals surface area contributed by atoms with Crippen LogP contribution in [-0.2, 0) is 11.0 Å². The third kappa shape index (κ3) is 3.78. The molecule has 1 aliphatic rings. The third-order valence-corrected chi connectivity index (χ3v) is 5.23. The maximum Gasteiger partial charge on any atom is 0.435 e. The topological polar surface area (TPSA) is 95.6 Å². The summed E-state index contributed by atoms with van der Waals surface area (Å²) in [7, 11) is 0. The van der Waals surface area contributed by atoms with Crippen LogP contribution in [0.2, 0.25) is 0 Å². The molecule has 0 saturated heterocycles. The van der Waals surface area contributed by atoms with Gasteiger partial charge in [-0.2, -0.15) is 18.3 Å². The molecular formula is C18H15BrF3N5O2. The Labute approximate surface area is 170 Å². The molecule has 1 aliphatic carbocycles. The van der Waals surface area contributed by atoms with Crippen LogP contribution in [0.25, 0.3) is 10.9 Å². The summed E-state index contributed by atoms with van der Waals surface area (Å²) in [6.07, 6.45) is -3.09. The summed E-state index contributed by atoms with van der Waals surface area (Å²) in [5, 5.41) is 21.6. The van der Waals surface area contributed by atoms with Gasteiger partial charge in [0.25, 0.3) is 5.91 Å². The van der Waals surface area contributed by atoms with E-state index in [1.807, 2.05) is 0 Å². The number of hydrogen-bond acceptors (Lipinski definition) is 4. The molecule has 2 heterocycles. The van der Waals surface area contributed by atoms with E-state index in [-0.39, 0.29) is 17.5 Å². The predicted molar refractivity (Wildman–Crippen MR) is 101 cm³/mol. The molecular weight excluding hydrogens is 455 g/mol. The van der Waals surface area contributed by atoms with E-state index in [1.54, 1.807) is 18.2 Å². The quantitative estimate of drug-likeness (QED) is 0.486. The zero-order valence-corrected chi connectivity index (χ0v) is 16.6. The zero-order chi connectivity index (χ0) is 20.9. The van der Waals surface area contributed by atoms with E-state index in [0.717, 1.165) is 28.1 Å². The number of halogens is 4. The van der Waals surface area contributed by atoms with Gasteiger partial charge in [-0.1, -0.05) is 15.9 Å². The van der Waals surface area contributed by atoms with Crippen LogP contribution in [0.15, 0.2) is 39.0 Å². The molecule has 152 valence electrons. The average Bonchev–Trinajstić information content (AvgIpc) is 3.30. The summed E-state index contributed by atoms with van der Waals surface area (Å²) in [5.74, 6) is -1.07. The van der Waals surface area contributed by atoms with Crippen LogP contribution in [0.1, 0.15) is 43.1 Å². The number of alkyl halides is 3. The number of rotatable bonds is 4. The molecule has 11 heteroatoms. The molecule has 0 aliphatic heterocycles. The lowest BCUT2D eigenvalue weighted by atomic mass is 10.2. The Kier molecular flexibility index (Phi) is 4.72. The molecule has 3 aromatic rings. The van der Waals surface area contributed by atoms with Crippen LogP contribution in [0.3, 0.4) is 0 Å². The molecule has 1 aromatic carbocycles. The monoisotopic (exact) mass is 469 g/mol. The van der Waals surface area contributed by atoms with Gasteiger partial charge in [-0.25, -0.2) is 0 Å². The summed E-state index contributed by atoms with van der Waals surface area (Å²) in [4.78, 5) is 15.2. The Hall–Kier alpha value is -2.69. The van der Waals surface area contributed by atoms with Crippen molar-refractivity contribution < 1.29 is 23.1 Å². The fourth-order valence-corrected chi connectivity index (χ4v) is 3.43. The number of aromatic nitrogens is 3. The van der Waals surface area contributed by atoms with Crippen molar-refractivity contribution in [3.63, 3.8) is 0 Å². The minimum absolute atomic E-state index is 0.0399. The highest BCUT2D eigenvalue weighted by atomic mass is 79.9. The number of carbonyl (C=O) groups excluding carboxylic acids is 1. The van der Waals surface area contributed by atoms with Crippen LogP contribution in [-0.4, -0.2) is 25.8 Å². The van der Waals surface area contributed by atoms with Crippen LogP contribution in [0, 0.1) is 0 Å². The van der Waals surface area contributed by atoms with E-state index in [2.05, 4.69) is 36.2 Å². The molecule has 1 fully saturated rings. The number of aromatic amines is 1. The zero-order valence-electron chi connectivity index (χ0n) is 15.0. The lowest BCUT2D eigenvalue weighted by molar-refractivity contribution is -0.141. The van der Waals surface area contributed by atoms with E-state index >= 15 is 0 Å². The Balaban J connectivity index is 1.63. The van der Waals surface area contributed by atoms with Gasteiger partial charge in [0, 0.05) is 21.5 Å². The summed E-state index contributed by atoms with van der Waals surface area (Å²) in [6.45, 7) is 1.42. The van der Waals surface area contributed by atoms with Gasteiger partial charge < -0.3 is 10.1 Å². The summed E-state index contributed by atoms with van der Waals surface area (Å²) in [5.41, 5.74) is 0.000144. The molecule has 1 saturated carbocycles. The third-order valence-electron chi connectivity index (χ3n) is 4.74. The minimum Gasteiger partial charge on any atom is -0.493 e. The fourth-order valence-electron chi connectivity index (χ4n) is 3.07. The van der Waals surface area contributed by atoms with Crippen LogP contribution in [0.4, 0.5) is 18.9 Å². The first-order valence-electron chi connectivity index (χ1n) is 8.77. The number of benzene rings is 1. The summed E-state index contributed by atoms with van der Waals surface area (Å²) < 4.78 is 41.0. The number of hydrogen-bond donors (Lipinski definition) is 2. The Morgan fingerprint density at radius 1 is 1.38 bits per heavy atom. The van der Waals surface area contributed by atoms with Crippen molar-refractivity contribution in [2.75, 3.05) is 0 Å². The van der Waals surface area contributed by atoms with Gasteiger partial charge >= 0.3 is 6.18 Å². The Bertz CT molecular complexity index is 1130. The van der Waals surface area contributed by atoms with Crippen LogP contribution < -0.4 is 0 Å². The molecule has 0 unspecified atom stereocenters. The van der Waals surface area contributed by atoms with Crippen LogP contribution >= 0.6 is 15.9 Å². The number of amides is 1. The van der Waals surface area contributed by atoms with Gasteiger partial charge in [0.1, 0.15) is 6.04 Å². The Morgan fingerprint density at radius 2 is 2.10 bits per heavy atom. The van der Waals surface area contributed by atoms with Crippen molar-refractivity contribution in [3.05, 3.63) is 40.1 Å². The molecule has 2 aromatic heterocycles. The van der Waals surface area contributed by atoms with Gasteiger partial charge in [0.15, 0.2) is 11.4 Å². The second kappa shape index (κ2) is 6.97. The van der Waals surface area contributed by atoms with E-state index in [1.165, 1.54) is 6.92 Å². The van der Waals surface area contributed by atoms with Gasteiger partial charge in [0.05, 0.1) is 5.52 Å². The lowest BCUT2D eigenvalue weighted by Gasteiger charge is -2.11. The maximum absolute atomic E-state index is 13.0. The fraction of sp³-hybridized carbons (Fsp3) is 0.333. The molecule has 29 heavy (non-hydrogen) atoms. The second-order valence-electron chi connectivity index (χ2n) is 6.90. The predicted octanol–water partition coefficient (Wildman–Crippen LogP) is 5.60. The normalized spacial score (nSPS) is 16.0. The van der Waals surface area contributed by atoms with Crippen molar-refractivity contribution in [2.24, 2.45) is 10.2 Å². The minimum atomic E-state index is -4.59. The average molecular weight is 470 g/mol. The molecule has 1 atom stereocenters. The summed E-state index contributed by atoms with van der Waals surface area (Å²) in [6, 6.07) is 5.08. The maximum atomic E-state index is 13.0. The summed E-state index contributed by atoms with van der Waals surface area (Å²) >= 11 is 3.31. The number of nitrogens with one attached hydrogen (secondary N) is 1. The molecule has 7 nitrogen and oxygen atoms in total. The van der Waals surface area contributed by atoms with Gasteiger partial charge in [0.2, 0.25) is 5.88 Å². The highest BCUT2D eigenvalue weighted by Crippen LogP contribution is 2.43. The van der Waals surface area contributed by atoms with Gasteiger partial charge in [-0.05, 0) is 44.0 Å². The van der Waals surface area contributed by atoms with E-state index in [4.69, 9.17) is 0 Å². The number of azo groups is 1. The highest BCUT2D eigenvalue weighted by Gasteiger charge is 2.39. The smallest absolute Gasteiger partial charge is 0.435 e. The van der Waals surface area contributed by atoms with E-state index in [9.17, 15) is 23.1 Å². The number of H-pyrrole nitrogens is 1. The van der Waals surface area contributed by atoms with Gasteiger partial charge in [-0.3, -0.25) is 9.48 Å². The first-order valence-corrected chi connectivity index (χ1v) is 9.57. The number of aromatic hydroxyl groups is 1. The standard InChI is InChI=1S/C18H15BrF3N5O2/c1-8(27-13(9-2-3-9)7-14(26-27)18(20,21)22)16(28)25-24-15-11-5-4-10(19)6-12(11)23-17(15)29/h4-9,23,29H,2-3H2,1H3/t8-/m0/s1. The van der Waals surface area contributed by atoms with Gasteiger partial charge in [-0.15, -0.1) is 10.2 Å². The molecule has 4 rings (SSSR count). The van der Waals surface area contributed by atoms with Crippen molar-refractivity contribution in [1.82, 2.24) is 14.8 Å². The molecule has 0 radical (unpaired) electrons. The van der Waals surface area contributed by atoms with Crippen molar-refractivity contribution in [2.45, 2.75) is 37.9 Å². The highest BCUT2D eigenvalue weighted by molar-refractivity contribution is 9.10. The van der Waals surface area contributed by atoms with Crippen molar-refractivity contribution >= 4 is 38.4 Å². The first-order chi connectivity index (χ1) is 13.6. The number of fused-ring (bicyclic) bond motifs is 1. The second-order valence-corrected chi connectivity index (χ2v) is 7.81. The van der Waals surface area contributed by atoms with Crippen molar-refractivity contribution in [3.8, 4) is 5.88 Å². The molecule has 2 N–H and O–H groups in total. The van der Waals surface area contributed by atoms with Crippen LogP contribution in [0.5, 0.6) is 5.88 Å².